The van der Waals surface area contributed by atoms with Gasteiger partial charge in [0, 0.05) is 5.56 Å². The fourth-order valence-corrected chi connectivity index (χ4v) is 2.24. The first-order valence-electron chi connectivity index (χ1n) is 5.46. The number of hydrogen-bond acceptors (Lipinski definition) is 1. The quantitative estimate of drug-likeness (QED) is 0.612. The van der Waals surface area contributed by atoms with Crippen molar-refractivity contribution in [3.63, 3.8) is 0 Å². The molecule has 0 unspecified atom stereocenters. The third-order valence-electron chi connectivity index (χ3n) is 2.78. The summed E-state index contributed by atoms with van der Waals surface area (Å²) in [6.07, 6.45) is 0. The van der Waals surface area contributed by atoms with Crippen LogP contribution in [0.4, 0.5) is 0 Å². The Morgan fingerprint density at radius 3 is 1.94 bits per heavy atom. The number of alkyl halides is 1. The van der Waals surface area contributed by atoms with Gasteiger partial charge in [-0.05, 0) is 12.5 Å². The summed E-state index contributed by atoms with van der Waals surface area (Å²) < 4.78 is -0.671. The smallest absolute Gasteiger partial charge is 0.183 e. The van der Waals surface area contributed by atoms with E-state index in [0.717, 1.165) is 11.1 Å². The van der Waals surface area contributed by atoms with Gasteiger partial charge in [0.25, 0.3) is 0 Å². The van der Waals surface area contributed by atoms with E-state index >= 15 is 0 Å². The van der Waals surface area contributed by atoms with Crippen LogP contribution in [-0.2, 0) is 4.32 Å². The average Bonchev–Trinajstić information content (AvgIpc) is 2.40. The summed E-state index contributed by atoms with van der Waals surface area (Å²) >= 11 is 3.54. The van der Waals surface area contributed by atoms with E-state index in [0.29, 0.717) is 0 Å². The van der Waals surface area contributed by atoms with Crippen molar-refractivity contribution >= 4 is 21.7 Å². The highest BCUT2D eigenvalue weighted by atomic mass is 79.9. The molecule has 0 bridgehead atoms. The number of carbonyl (C=O) groups excluding carboxylic acids is 1. The molecular formula is C15H13BrO. The number of hydrogen-bond donors (Lipinski definition) is 0. The molecule has 2 aromatic rings. The summed E-state index contributed by atoms with van der Waals surface area (Å²) in [4.78, 5) is 12.4. The average molecular weight is 289 g/mol. The second-order valence-electron chi connectivity index (χ2n) is 4.06. The molecule has 17 heavy (non-hydrogen) atoms. The Hall–Kier alpha value is -1.41. The van der Waals surface area contributed by atoms with Crippen molar-refractivity contribution in [1.82, 2.24) is 0 Å². The van der Waals surface area contributed by atoms with Gasteiger partial charge < -0.3 is 0 Å². The van der Waals surface area contributed by atoms with Gasteiger partial charge in [-0.15, -0.1) is 0 Å². The minimum atomic E-state index is -0.671. The van der Waals surface area contributed by atoms with E-state index in [1.54, 1.807) is 0 Å². The van der Waals surface area contributed by atoms with Crippen LogP contribution < -0.4 is 0 Å². The van der Waals surface area contributed by atoms with Gasteiger partial charge in [0.05, 0.1) is 0 Å². The normalized spacial score (nSPS) is 14.0. The van der Waals surface area contributed by atoms with Crippen LogP contribution in [0.15, 0.2) is 60.7 Å². The second-order valence-corrected chi connectivity index (χ2v) is 5.65. The third kappa shape index (κ3) is 2.47. The molecular weight excluding hydrogens is 276 g/mol. The van der Waals surface area contributed by atoms with Crippen molar-refractivity contribution < 1.29 is 4.79 Å². The SMILES string of the molecule is C[C@@](Br)(C(=O)c1ccccc1)c1ccccc1. The number of rotatable bonds is 3. The van der Waals surface area contributed by atoms with Crippen LogP contribution in [0.2, 0.25) is 0 Å². The van der Waals surface area contributed by atoms with E-state index < -0.39 is 4.32 Å². The van der Waals surface area contributed by atoms with Crippen molar-refractivity contribution in [3.8, 4) is 0 Å². The summed E-state index contributed by atoms with van der Waals surface area (Å²) in [5.41, 5.74) is 1.68. The molecule has 0 saturated carbocycles. The molecule has 0 aliphatic rings. The predicted octanol–water partition coefficient (Wildman–Crippen LogP) is 4.18. The third-order valence-corrected chi connectivity index (χ3v) is 3.60. The van der Waals surface area contributed by atoms with Crippen LogP contribution >= 0.6 is 15.9 Å². The Balaban J connectivity index is 2.37. The number of halogens is 1. The first kappa shape index (κ1) is 12.1. The number of benzene rings is 2. The van der Waals surface area contributed by atoms with Crippen LogP contribution in [0, 0.1) is 0 Å². The van der Waals surface area contributed by atoms with E-state index in [2.05, 4.69) is 15.9 Å². The monoisotopic (exact) mass is 288 g/mol. The van der Waals surface area contributed by atoms with Crippen molar-refractivity contribution in [1.29, 1.82) is 0 Å². The molecule has 86 valence electrons. The molecule has 0 aliphatic carbocycles. The molecule has 0 spiro atoms. The maximum atomic E-state index is 12.4. The van der Waals surface area contributed by atoms with Crippen LogP contribution in [0.3, 0.4) is 0 Å². The Morgan fingerprint density at radius 2 is 1.41 bits per heavy atom. The first-order chi connectivity index (χ1) is 8.12. The van der Waals surface area contributed by atoms with E-state index in [1.165, 1.54) is 0 Å². The molecule has 1 atom stereocenters. The summed E-state index contributed by atoms with van der Waals surface area (Å²) in [5, 5.41) is 0. The number of ketones is 1. The summed E-state index contributed by atoms with van der Waals surface area (Å²) in [6, 6.07) is 19.1. The molecule has 0 aliphatic heterocycles. The molecule has 0 saturated heterocycles. The number of carbonyl (C=O) groups is 1. The molecule has 2 heteroatoms. The van der Waals surface area contributed by atoms with Crippen LogP contribution in [0.1, 0.15) is 22.8 Å². The van der Waals surface area contributed by atoms with Crippen molar-refractivity contribution in [2.24, 2.45) is 0 Å². The molecule has 2 aromatic carbocycles. The van der Waals surface area contributed by atoms with Crippen LogP contribution in [0.5, 0.6) is 0 Å². The van der Waals surface area contributed by atoms with E-state index in [1.807, 2.05) is 67.6 Å². The maximum absolute atomic E-state index is 12.4. The standard InChI is InChI=1S/C15H13BrO/c1-15(16,13-10-6-3-7-11-13)14(17)12-8-4-2-5-9-12/h2-11H,1H3/t15-/m0/s1. The zero-order valence-corrected chi connectivity index (χ0v) is 11.1. The highest BCUT2D eigenvalue weighted by Crippen LogP contribution is 2.34. The molecule has 0 radical (unpaired) electrons. The van der Waals surface area contributed by atoms with Gasteiger partial charge in [0.2, 0.25) is 0 Å². The topological polar surface area (TPSA) is 17.1 Å². The molecule has 0 amide bonds. The van der Waals surface area contributed by atoms with Gasteiger partial charge in [-0.1, -0.05) is 76.6 Å². The highest BCUT2D eigenvalue weighted by molar-refractivity contribution is 9.10. The largest absolute Gasteiger partial charge is 0.292 e. The first-order valence-corrected chi connectivity index (χ1v) is 6.26. The van der Waals surface area contributed by atoms with Gasteiger partial charge in [0.15, 0.2) is 5.78 Å². The van der Waals surface area contributed by atoms with Gasteiger partial charge in [-0.25, -0.2) is 0 Å². The van der Waals surface area contributed by atoms with Gasteiger partial charge in [-0.2, -0.15) is 0 Å². The van der Waals surface area contributed by atoms with Crippen LogP contribution in [0.25, 0.3) is 0 Å². The highest BCUT2D eigenvalue weighted by Gasteiger charge is 2.32. The maximum Gasteiger partial charge on any atom is 0.183 e. The fourth-order valence-electron chi connectivity index (χ4n) is 1.74. The van der Waals surface area contributed by atoms with E-state index in [-0.39, 0.29) is 5.78 Å². The molecule has 0 fully saturated rings. The van der Waals surface area contributed by atoms with Crippen molar-refractivity contribution in [2.45, 2.75) is 11.2 Å². The van der Waals surface area contributed by atoms with Crippen molar-refractivity contribution in [2.75, 3.05) is 0 Å². The molecule has 1 nitrogen and oxygen atoms in total. The molecule has 0 heterocycles. The van der Waals surface area contributed by atoms with Gasteiger partial charge in [-0.3, -0.25) is 4.79 Å². The van der Waals surface area contributed by atoms with Gasteiger partial charge in [0.1, 0.15) is 4.32 Å². The Kier molecular flexibility index (Phi) is 3.43. The lowest BCUT2D eigenvalue weighted by atomic mass is 9.92. The second kappa shape index (κ2) is 4.84. The van der Waals surface area contributed by atoms with Crippen molar-refractivity contribution in [3.05, 3.63) is 71.8 Å². The summed E-state index contributed by atoms with van der Waals surface area (Å²) in [5.74, 6) is 0.0734. The number of Topliss-reactive ketones (excluding diaryl/α,β-unsaturated/α-hetero) is 1. The lowest BCUT2D eigenvalue weighted by molar-refractivity contribution is 0.0953. The predicted molar refractivity (Wildman–Crippen MR) is 73.5 cm³/mol. The van der Waals surface area contributed by atoms with Crippen LogP contribution in [-0.4, -0.2) is 5.78 Å². The minimum Gasteiger partial charge on any atom is -0.292 e. The Bertz CT molecular complexity index is 503. The lowest BCUT2D eigenvalue weighted by Gasteiger charge is -2.21. The molecule has 0 aromatic heterocycles. The zero-order chi connectivity index (χ0) is 12.3. The fraction of sp³-hybridized carbons (Fsp3) is 0.133. The summed E-state index contributed by atoms with van der Waals surface area (Å²) in [7, 11) is 0. The van der Waals surface area contributed by atoms with E-state index in [4.69, 9.17) is 0 Å². The Labute approximate surface area is 110 Å². The Morgan fingerprint density at radius 1 is 0.941 bits per heavy atom. The van der Waals surface area contributed by atoms with Gasteiger partial charge >= 0.3 is 0 Å². The zero-order valence-electron chi connectivity index (χ0n) is 9.56. The molecule has 2 rings (SSSR count). The van der Waals surface area contributed by atoms with E-state index in [9.17, 15) is 4.79 Å². The minimum absolute atomic E-state index is 0.0734. The summed E-state index contributed by atoms with van der Waals surface area (Å²) in [6.45, 7) is 1.89. The lowest BCUT2D eigenvalue weighted by Crippen LogP contribution is -2.25. The molecule has 0 N–H and O–H groups in total.